The first-order valence-corrected chi connectivity index (χ1v) is 8.25. The summed E-state index contributed by atoms with van der Waals surface area (Å²) in [6, 6.07) is 2.25. The van der Waals surface area contributed by atoms with Gasteiger partial charge in [-0.3, -0.25) is 4.79 Å². The summed E-state index contributed by atoms with van der Waals surface area (Å²) in [5.74, 6) is 1.18. The minimum absolute atomic E-state index is 0.0501. The maximum atomic E-state index is 12.3. The standard InChI is InChI=1S/C16H22N6O2/c1-11(2)22-8-4-12(5-9-22)16(23)19-10-13-20-15(21-24-13)14-17-6-3-7-18-14/h3,6-7,11-12H,4-5,8-10H2,1-2H3,(H,19,23). The molecule has 1 aliphatic heterocycles. The molecular weight excluding hydrogens is 308 g/mol. The van der Waals surface area contributed by atoms with E-state index in [0.29, 0.717) is 23.6 Å². The van der Waals surface area contributed by atoms with Gasteiger partial charge in [-0.15, -0.1) is 0 Å². The van der Waals surface area contributed by atoms with E-state index in [1.165, 1.54) is 0 Å². The first-order valence-electron chi connectivity index (χ1n) is 8.25. The molecule has 24 heavy (non-hydrogen) atoms. The Morgan fingerprint density at radius 2 is 2.00 bits per heavy atom. The maximum absolute atomic E-state index is 12.3. The molecule has 128 valence electrons. The minimum Gasteiger partial charge on any atom is -0.347 e. The maximum Gasteiger partial charge on any atom is 0.246 e. The summed E-state index contributed by atoms with van der Waals surface area (Å²) >= 11 is 0. The van der Waals surface area contributed by atoms with E-state index < -0.39 is 0 Å². The quantitative estimate of drug-likeness (QED) is 0.881. The van der Waals surface area contributed by atoms with Crippen LogP contribution in [0.15, 0.2) is 23.0 Å². The highest BCUT2D eigenvalue weighted by Gasteiger charge is 2.26. The third-order valence-electron chi connectivity index (χ3n) is 4.28. The minimum atomic E-state index is 0.0501. The topological polar surface area (TPSA) is 97.0 Å². The molecule has 0 atom stereocenters. The van der Waals surface area contributed by atoms with Crippen LogP contribution in [-0.2, 0) is 11.3 Å². The fourth-order valence-corrected chi connectivity index (χ4v) is 2.82. The number of carbonyl (C=O) groups excluding carboxylic acids is 1. The van der Waals surface area contributed by atoms with Crippen LogP contribution in [0, 0.1) is 5.92 Å². The zero-order chi connectivity index (χ0) is 16.9. The first kappa shape index (κ1) is 16.5. The Kier molecular flexibility index (Phi) is 5.14. The number of hydrogen-bond acceptors (Lipinski definition) is 7. The average Bonchev–Trinajstić information content (AvgIpc) is 3.09. The van der Waals surface area contributed by atoms with E-state index in [2.05, 4.69) is 44.2 Å². The van der Waals surface area contributed by atoms with Gasteiger partial charge in [-0.25, -0.2) is 9.97 Å². The van der Waals surface area contributed by atoms with Gasteiger partial charge >= 0.3 is 0 Å². The number of aromatic nitrogens is 4. The molecule has 8 heteroatoms. The summed E-state index contributed by atoms with van der Waals surface area (Å²) in [6.07, 6.45) is 5.00. The van der Waals surface area contributed by atoms with Gasteiger partial charge in [-0.2, -0.15) is 4.98 Å². The van der Waals surface area contributed by atoms with Crippen LogP contribution in [0.25, 0.3) is 11.6 Å². The van der Waals surface area contributed by atoms with Gasteiger partial charge in [0.15, 0.2) is 0 Å². The molecule has 0 bridgehead atoms. The smallest absolute Gasteiger partial charge is 0.246 e. The summed E-state index contributed by atoms with van der Waals surface area (Å²) < 4.78 is 5.14. The van der Waals surface area contributed by atoms with Crippen LogP contribution >= 0.6 is 0 Å². The Morgan fingerprint density at radius 3 is 2.67 bits per heavy atom. The van der Waals surface area contributed by atoms with Crippen molar-refractivity contribution in [3.05, 3.63) is 24.4 Å². The lowest BCUT2D eigenvalue weighted by atomic mass is 9.95. The Labute approximate surface area is 140 Å². The molecule has 0 aromatic carbocycles. The summed E-state index contributed by atoms with van der Waals surface area (Å²) in [5, 5.41) is 6.72. The second kappa shape index (κ2) is 7.48. The van der Waals surface area contributed by atoms with Crippen molar-refractivity contribution < 1.29 is 9.32 Å². The van der Waals surface area contributed by atoms with Crippen LogP contribution < -0.4 is 5.32 Å². The lowest BCUT2D eigenvalue weighted by Crippen LogP contribution is -2.42. The molecule has 0 radical (unpaired) electrons. The largest absolute Gasteiger partial charge is 0.347 e. The number of likely N-dealkylation sites (tertiary alicyclic amines) is 1. The highest BCUT2D eigenvalue weighted by atomic mass is 16.5. The van der Waals surface area contributed by atoms with Crippen molar-refractivity contribution in [2.45, 2.75) is 39.3 Å². The van der Waals surface area contributed by atoms with E-state index in [0.717, 1.165) is 25.9 Å². The van der Waals surface area contributed by atoms with E-state index >= 15 is 0 Å². The Morgan fingerprint density at radius 1 is 1.29 bits per heavy atom. The molecule has 1 saturated heterocycles. The summed E-state index contributed by atoms with van der Waals surface area (Å²) in [6.45, 7) is 6.52. The SMILES string of the molecule is CC(C)N1CCC(C(=O)NCc2nc(-c3ncccn3)no2)CC1. The number of nitrogens with one attached hydrogen (secondary N) is 1. The van der Waals surface area contributed by atoms with Crippen LogP contribution in [0.1, 0.15) is 32.6 Å². The predicted molar refractivity (Wildman–Crippen MR) is 86.6 cm³/mol. The predicted octanol–water partition coefficient (Wildman–Crippen LogP) is 1.26. The molecule has 0 aliphatic carbocycles. The van der Waals surface area contributed by atoms with Crippen molar-refractivity contribution in [1.29, 1.82) is 0 Å². The second-order valence-electron chi connectivity index (χ2n) is 6.21. The summed E-state index contributed by atoms with van der Waals surface area (Å²) in [5.41, 5.74) is 0. The first-order chi connectivity index (χ1) is 11.6. The third-order valence-corrected chi connectivity index (χ3v) is 4.28. The molecule has 1 N–H and O–H groups in total. The molecule has 1 aliphatic rings. The molecule has 1 fully saturated rings. The van der Waals surface area contributed by atoms with Gasteiger partial charge in [0.2, 0.25) is 23.4 Å². The highest BCUT2D eigenvalue weighted by molar-refractivity contribution is 5.78. The average molecular weight is 330 g/mol. The van der Waals surface area contributed by atoms with E-state index in [9.17, 15) is 4.79 Å². The molecule has 3 rings (SSSR count). The number of nitrogens with zero attached hydrogens (tertiary/aromatic N) is 5. The monoisotopic (exact) mass is 330 g/mol. The number of carbonyl (C=O) groups is 1. The van der Waals surface area contributed by atoms with Crippen molar-refractivity contribution in [3.8, 4) is 11.6 Å². The number of piperidine rings is 1. The van der Waals surface area contributed by atoms with Crippen LogP contribution in [0.3, 0.4) is 0 Å². The molecule has 3 heterocycles. The van der Waals surface area contributed by atoms with Gasteiger partial charge in [0, 0.05) is 24.4 Å². The van der Waals surface area contributed by atoms with Gasteiger partial charge < -0.3 is 14.7 Å². The van der Waals surface area contributed by atoms with Crippen LogP contribution in [0.4, 0.5) is 0 Å². The summed E-state index contributed by atoms with van der Waals surface area (Å²) in [4.78, 5) is 27.0. The normalized spacial score (nSPS) is 16.5. The van der Waals surface area contributed by atoms with Crippen LogP contribution in [0.5, 0.6) is 0 Å². The summed E-state index contributed by atoms with van der Waals surface area (Å²) in [7, 11) is 0. The van der Waals surface area contributed by atoms with Crippen molar-refractivity contribution in [1.82, 2.24) is 30.3 Å². The van der Waals surface area contributed by atoms with Gasteiger partial charge in [-0.1, -0.05) is 5.16 Å². The number of rotatable bonds is 5. The van der Waals surface area contributed by atoms with Gasteiger partial charge in [0.25, 0.3) is 0 Å². The second-order valence-corrected chi connectivity index (χ2v) is 6.21. The molecule has 0 saturated carbocycles. The zero-order valence-electron chi connectivity index (χ0n) is 14.0. The Hall–Kier alpha value is -2.35. The molecule has 2 aromatic heterocycles. The van der Waals surface area contributed by atoms with Crippen LogP contribution in [-0.4, -0.2) is 50.0 Å². The van der Waals surface area contributed by atoms with E-state index in [-0.39, 0.29) is 18.4 Å². The molecule has 2 aromatic rings. The van der Waals surface area contributed by atoms with Crippen molar-refractivity contribution in [3.63, 3.8) is 0 Å². The molecule has 0 spiro atoms. The molecule has 0 unspecified atom stereocenters. The number of amides is 1. The lowest BCUT2D eigenvalue weighted by molar-refractivity contribution is -0.126. The van der Waals surface area contributed by atoms with Crippen molar-refractivity contribution in [2.24, 2.45) is 5.92 Å². The van der Waals surface area contributed by atoms with Gasteiger partial charge in [0.1, 0.15) is 0 Å². The fourth-order valence-electron chi connectivity index (χ4n) is 2.82. The third kappa shape index (κ3) is 3.94. The molecule has 8 nitrogen and oxygen atoms in total. The molecular formula is C16H22N6O2. The van der Waals surface area contributed by atoms with Gasteiger partial charge in [0.05, 0.1) is 6.54 Å². The lowest BCUT2D eigenvalue weighted by Gasteiger charge is -2.33. The number of hydrogen-bond donors (Lipinski definition) is 1. The van der Waals surface area contributed by atoms with E-state index in [1.54, 1.807) is 18.5 Å². The van der Waals surface area contributed by atoms with E-state index in [1.807, 2.05) is 0 Å². The highest BCUT2D eigenvalue weighted by Crippen LogP contribution is 2.19. The zero-order valence-corrected chi connectivity index (χ0v) is 14.0. The van der Waals surface area contributed by atoms with Crippen molar-refractivity contribution in [2.75, 3.05) is 13.1 Å². The fraction of sp³-hybridized carbons (Fsp3) is 0.562. The van der Waals surface area contributed by atoms with Crippen molar-refractivity contribution >= 4 is 5.91 Å². The van der Waals surface area contributed by atoms with Gasteiger partial charge in [-0.05, 0) is 45.8 Å². The molecule has 1 amide bonds. The van der Waals surface area contributed by atoms with Crippen LogP contribution in [0.2, 0.25) is 0 Å². The Bertz CT molecular complexity index is 664. The van der Waals surface area contributed by atoms with E-state index in [4.69, 9.17) is 4.52 Å². The Balaban J connectivity index is 1.50.